The lowest BCUT2D eigenvalue weighted by Crippen LogP contribution is -2.04. The lowest BCUT2D eigenvalue weighted by atomic mass is 10.2. The Balaban J connectivity index is 1.34. The molecule has 0 atom stereocenters. The highest BCUT2D eigenvalue weighted by atomic mass is 19.1. The highest BCUT2D eigenvalue weighted by molar-refractivity contribution is 5.35. The molecule has 0 fully saturated rings. The quantitative estimate of drug-likeness (QED) is 0.448. The van der Waals surface area contributed by atoms with Gasteiger partial charge in [0.15, 0.2) is 0 Å². The summed E-state index contributed by atoms with van der Waals surface area (Å²) < 4.78 is 24.5. The van der Waals surface area contributed by atoms with Gasteiger partial charge in [-0.05, 0) is 54.1 Å². The van der Waals surface area contributed by atoms with Gasteiger partial charge in [-0.15, -0.1) is 0 Å². The minimum Gasteiger partial charge on any atom is -0.487 e. The minimum atomic E-state index is -0.321. The van der Waals surface area contributed by atoms with E-state index in [0.717, 1.165) is 17.0 Å². The molecule has 0 radical (unpaired) electrons. The fourth-order valence-electron chi connectivity index (χ4n) is 2.67. The first-order valence-corrected chi connectivity index (χ1v) is 9.36. The fourth-order valence-corrected chi connectivity index (χ4v) is 2.67. The summed E-state index contributed by atoms with van der Waals surface area (Å²) in [5.74, 6) is 1.73. The number of nitrogens with one attached hydrogen (secondary N) is 1. The van der Waals surface area contributed by atoms with Crippen LogP contribution in [0.5, 0.6) is 17.4 Å². The third-order valence-electron chi connectivity index (χ3n) is 4.13. The maximum absolute atomic E-state index is 13.0. The van der Waals surface area contributed by atoms with Crippen molar-refractivity contribution in [2.75, 3.05) is 5.32 Å². The molecule has 30 heavy (non-hydrogen) atoms. The van der Waals surface area contributed by atoms with E-state index in [4.69, 9.17) is 9.47 Å². The van der Waals surface area contributed by atoms with Gasteiger partial charge in [0.05, 0.1) is 5.69 Å². The Hall–Kier alpha value is -4.00. The zero-order chi connectivity index (χ0) is 20.6. The molecule has 0 spiro atoms. The van der Waals surface area contributed by atoms with Gasteiger partial charge in [-0.3, -0.25) is 4.98 Å². The second-order valence-electron chi connectivity index (χ2n) is 6.39. The van der Waals surface area contributed by atoms with Gasteiger partial charge in [0.2, 0.25) is 11.8 Å². The Morgan fingerprint density at radius 1 is 0.833 bits per heavy atom. The molecule has 0 saturated carbocycles. The van der Waals surface area contributed by atoms with Crippen LogP contribution in [-0.2, 0) is 13.2 Å². The van der Waals surface area contributed by atoms with Gasteiger partial charge in [-0.25, -0.2) is 9.37 Å². The van der Waals surface area contributed by atoms with Crippen molar-refractivity contribution in [3.05, 3.63) is 102 Å². The lowest BCUT2D eigenvalue weighted by Gasteiger charge is -2.10. The van der Waals surface area contributed by atoms with Crippen molar-refractivity contribution in [2.24, 2.45) is 0 Å². The van der Waals surface area contributed by atoms with Gasteiger partial charge >= 0.3 is 0 Å². The van der Waals surface area contributed by atoms with Crippen molar-refractivity contribution in [2.45, 2.75) is 13.2 Å². The van der Waals surface area contributed by atoms with Crippen molar-refractivity contribution >= 4 is 5.95 Å². The van der Waals surface area contributed by atoms with Crippen LogP contribution in [0.2, 0.25) is 0 Å². The Labute approximate surface area is 173 Å². The summed E-state index contributed by atoms with van der Waals surface area (Å²) in [6.07, 6.45) is 3.34. The minimum absolute atomic E-state index is 0.321. The third kappa shape index (κ3) is 5.51. The lowest BCUT2D eigenvalue weighted by molar-refractivity contribution is 0.301. The Morgan fingerprint density at radius 3 is 2.57 bits per heavy atom. The number of halogens is 1. The molecular formula is C23H19FN4O2. The first-order chi connectivity index (χ1) is 14.7. The predicted molar refractivity (Wildman–Crippen MR) is 111 cm³/mol. The molecule has 0 aliphatic carbocycles. The number of hydrogen-bond acceptors (Lipinski definition) is 6. The van der Waals surface area contributed by atoms with Crippen LogP contribution in [0, 0.1) is 5.82 Å². The van der Waals surface area contributed by atoms with E-state index in [-0.39, 0.29) is 5.82 Å². The normalized spacial score (nSPS) is 10.4. The Morgan fingerprint density at radius 2 is 1.73 bits per heavy atom. The number of aromatic nitrogens is 3. The van der Waals surface area contributed by atoms with Crippen LogP contribution in [-0.4, -0.2) is 15.0 Å². The SMILES string of the molecule is Fc1ccc(Oc2ccnc(NCc3cccc(OCc4ccccn4)c3)n2)cc1. The van der Waals surface area contributed by atoms with Gasteiger partial charge in [-0.2, -0.15) is 4.98 Å². The Kier molecular flexibility index (Phi) is 6.10. The molecule has 4 rings (SSSR count). The average Bonchev–Trinajstić information content (AvgIpc) is 2.79. The van der Waals surface area contributed by atoms with E-state index in [9.17, 15) is 4.39 Å². The number of anilines is 1. The van der Waals surface area contributed by atoms with Crippen LogP contribution in [0.25, 0.3) is 0 Å². The van der Waals surface area contributed by atoms with Gasteiger partial charge in [-0.1, -0.05) is 18.2 Å². The number of nitrogens with zero attached hydrogens (tertiary/aromatic N) is 3. The van der Waals surface area contributed by atoms with Crippen LogP contribution in [0.4, 0.5) is 10.3 Å². The molecule has 2 heterocycles. The van der Waals surface area contributed by atoms with Crippen molar-refractivity contribution < 1.29 is 13.9 Å². The summed E-state index contributed by atoms with van der Waals surface area (Å²) in [4.78, 5) is 12.8. The largest absolute Gasteiger partial charge is 0.487 e. The zero-order valence-electron chi connectivity index (χ0n) is 16.0. The van der Waals surface area contributed by atoms with Gasteiger partial charge in [0.1, 0.15) is 23.9 Å². The van der Waals surface area contributed by atoms with Gasteiger partial charge in [0.25, 0.3) is 0 Å². The smallest absolute Gasteiger partial charge is 0.226 e. The van der Waals surface area contributed by atoms with Crippen LogP contribution >= 0.6 is 0 Å². The molecular weight excluding hydrogens is 383 g/mol. The topological polar surface area (TPSA) is 69.2 Å². The second-order valence-corrected chi connectivity index (χ2v) is 6.39. The van der Waals surface area contributed by atoms with Crippen LogP contribution in [0.15, 0.2) is 85.2 Å². The average molecular weight is 402 g/mol. The monoisotopic (exact) mass is 402 g/mol. The molecule has 2 aromatic heterocycles. The molecule has 2 aromatic carbocycles. The molecule has 0 bridgehead atoms. The van der Waals surface area contributed by atoms with Crippen LogP contribution in [0.3, 0.4) is 0 Å². The number of hydrogen-bond donors (Lipinski definition) is 1. The highest BCUT2D eigenvalue weighted by Crippen LogP contribution is 2.20. The molecule has 7 heteroatoms. The van der Waals surface area contributed by atoms with E-state index in [1.54, 1.807) is 30.6 Å². The summed E-state index contributed by atoms with van der Waals surface area (Å²) in [5.41, 5.74) is 1.88. The number of ether oxygens (including phenoxy) is 2. The predicted octanol–water partition coefficient (Wildman–Crippen LogP) is 4.99. The molecule has 0 aliphatic heterocycles. The summed E-state index contributed by atoms with van der Waals surface area (Å²) in [5, 5.41) is 3.17. The molecule has 0 amide bonds. The standard InChI is InChI=1S/C23H19FN4O2/c24-18-7-9-20(10-8-18)30-22-11-13-26-23(28-22)27-15-17-4-3-6-21(14-17)29-16-19-5-1-2-12-25-19/h1-14H,15-16H2,(H,26,27,28). The Bertz CT molecular complexity index is 1090. The molecule has 0 aliphatic rings. The van der Waals surface area contributed by atoms with E-state index in [0.29, 0.717) is 30.7 Å². The summed E-state index contributed by atoms with van der Waals surface area (Å²) in [6, 6.07) is 20.9. The van der Waals surface area contributed by atoms with Crippen molar-refractivity contribution in [1.82, 2.24) is 15.0 Å². The maximum atomic E-state index is 13.0. The molecule has 4 aromatic rings. The molecule has 0 saturated heterocycles. The van der Waals surface area contributed by atoms with Crippen molar-refractivity contribution in [1.29, 1.82) is 0 Å². The molecule has 0 unspecified atom stereocenters. The number of rotatable bonds is 8. The fraction of sp³-hybridized carbons (Fsp3) is 0.0870. The van der Waals surface area contributed by atoms with E-state index in [1.165, 1.54) is 12.1 Å². The third-order valence-corrected chi connectivity index (χ3v) is 4.13. The summed E-state index contributed by atoms with van der Waals surface area (Å²) in [6.45, 7) is 0.921. The highest BCUT2D eigenvalue weighted by Gasteiger charge is 2.04. The van der Waals surface area contributed by atoms with Gasteiger partial charge < -0.3 is 14.8 Å². The van der Waals surface area contributed by atoms with Gasteiger partial charge in [0, 0.05) is 25.0 Å². The van der Waals surface area contributed by atoms with E-state index >= 15 is 0 Å². The number of pyridine rings is 1. The van der Waals surface area contributed by atoms with Crippen LogP contribution in [0.1, 0.15) is 11.3 Å². The molecule has 6 nitrogen and oxygen atoms in total. The van der Waals surface area contributed by atoms with E-state index in [1.807, 2.05) is 42.5 Å². The van der Waals surface area contributed by atoms with E-state index < -0.39 is 0 Å². The molecule has 150 valence electrons. The zero-order valence-corrected chi connectivity index (χ0v) is 16.0. The summed E-state index contributed by atoms with van der Waals surface area (Å²) >= 11 is 0. The van der Waals surface area contributed by atoms with E-state index in [2.05, 4.69) is 20.3 Å². The number of benzene rings is 2. The second kappa shape index (κ2) is 9.47. The molecule has 1 N–H and O–H groups in total. The maximum Gasteiger partial charge on any atom is 0.226 e. The van der Waals surface area contributed by atoms with Crippen molar-refractivity contribution in [3.8, 4) is 17.4 Å². The first kappa shape index (κ1) is 19.3. The summed E-state index contributed by atoms with van der Waals surface area (Å²) in [7, 11) is 0. The van der Waals surface area contributed by atoms with Crippen LogP contribution < -0.4 is 14.8 Å². The first-order valence-electron chi connectivity index (χ1n) is 9.36. The van der Waals surface area contributed by atoms with Crippen molar-refractivity contribution in [3.63, 3.8) is 0 Å².